The summed E-state index contributed by atoms with van der Waals surface area (Å²) < 4.78 is 10.1. The molecule has 27 heavy (non-hydrogen) atoms. The molecule has 0 fully saturated rings. The first-order valence-corrected chi connectivity index (χ1v) is 9.59. The van der Waals surface area contributed by atoms with Crippen LogP contribution in [0.15, 0.2) is 18.3 Å². The molecule has 2 heterocycles. The van der Waals surface area contributed by atoms with Crippen LogP contribution in [0, 0.1) is 0 Å². The Morgan fingerprint density at radius 2 is 2.04 bits per heavy atom. The second-order valence-electron chi connectivity index (χ2n) is 5.78. The summed E-state index contributed by atoms with van der Waals surface area (Å²) >= 11 is 7.03. The maximum atomic E-state index is 12.3. The molecule has 2 aromatic heterocycles. The lowest BCUT2D eigenvalue weighted by Crippen LogP contribution is -2.22. The number of amides is 1. The number of halogens is 1. The highest BCUT2D eigenvalue weighted by atomic mass is 35.5. The van der Waals surface area contributed by atoms with Crippen molar-refractivity contribution in [2.75, 3.05) is 18.5 Å². The zero-order valence-electron chi connectivity index (χ0n) is 14.5. The quantitative estimate of drug-likeness (QED) is 0.582. The van der Waals surface area contributed by atoms with Crippen LogP contribution in [0.5, 0.6) is 0 Å². The first-order chi connectivity index (χ1) is 13.0. The van der Waals surface area contributed by atoms with Crippen molar-refractivity contribution in [1.82, 2.24) is 4.98 Å². The third kappa shape index (κ3) is 4.45. The number of ether oxygens (including phenoxy) is 2. The summed E-state index contributed by atoms with van der Waals surface area (Å²) in [6.07, 6.45) is 3.91. The Balaban J connectivity index is 1.65. The second kappa shape index (κ2) is 8.49. The molecule has 7 nitrogen and oxygen atoms in total. The minimum atomic E-state index is -0.686. The Kier molecular flexibility index (Phi) is 6.08. The molecule has 9 heteroatoms. The molecule has 1 aliphatic carbocycles. The smallest absolute Gasteiger partial charge is 0.341 e. The Bertz CT molecular complexity index is 879. The molecule has 2 aromatic rings. The number of fused-ring (bicyclic) bond motifs is 1. The number of aromatic nitrogens is 1. The molecule has 0 aliphatic heterocycles. The normalized spacial score (nSPS) is 12.4. The Morgan fingerprint density at radius 3 is 2.74 bits per heavy atom. The average Bonchev–Trinajstić information content (AvgIpc) is 3.21. The van der Waals surface area contributed by atoms with Crippen molar-refractivity contribution in [2.24, 2.45) is 0 Å². The van der Waals surface area contributed by atoms with E-state index in [0.717, 1.165) is 29.7 Å². The molecule has 0 aromatic carbocycles. The average molecular weight is 409 g/mol. The number of nitrogens with one attached hydrogen (secondary N) is 1. The highest BCUT2D eigenvalue weighted by molar-refractivity contribution is 7.17. The van der Waals surface area contributed by atoms with Crippen molar-refractivity contribution in [2.45, 2.75) is 26.2 Å². The van der Waals surface area contributed by atoms with Crippen LogP contribution >= 0.6 is 22.9 Å². The zero-order valence-corrected chi connectivity index (χ0v) is 16.1. The van der Waals surface area contributed by atoms with Crippen molar-refractivity contribution in [1.29, 1.82) is 0 Å². The standard InChI is InChI=1S/C18H17ClN2O5S/c1-2-25-18(24)15-11-4-3-5-12(11)27-16(15)21-14(22)9-26-17(23)10-6-7-13(19)20-8-10/h6-8H,2-5,9H2,1H3,(H,21,22). The van der Waals surface area contributed by atoms with Gasteiger partial charge in [-0.05, 0) is 43.9 Å². The molecule has 0 bridgehead atoms. The monoisotopic (exact) mass is 408 g/mol. The SMILES string of the molecule is CCOC(=O)c1c(NC(=O)COC(=O)c2ccc(Cl)nc2)sc2c1CCC2. The lowest BCUT2D eigenvalue weighted by Gasteiger charge is -2.08. The third-order valence-corrected chi connectivity index (χ3v) is 5.38. The van der Waals surface area contributed by atoms with Gasteiger partial charge in [0.25, 0.3) is 5.91 Å². The van der Waals surface area contributed by atoms with Crippen LogP contribution in [-0.4, -0.2) is 36.0 Å². The van der Waals surface area contributed by atoms with Gasteiger partial charge >= 0.3 is 11.9 Å². The van der Waals surface area contributed by atoms with E-state index in [2.05, 4.69) is 10.3 Å². The van der Waals surface area contributed by atoms with Crippen LogP contribution in [0.3, 0.4) is 0 Å². The van der Waals surface area contributed by atoms with E-state index in [1.807, 2.05) is 0 Å². The van der Waals surface area contributed by atoms with E-state index in [1.165, 1.54) is 29.7 Å². The van der Waals surface area contributed by atoms with Gasteiger partial charge in [0.1, 0.15) is 10.2 Å². The fourth-order valence-corrected chi connectivity index (χ4v) is 4.19. The van der Waals surface area contributed by atoms with Crippen LogP contribution in [0.25, 0.3) is 0 Å². The zero-order chi connectivity index (χ0) is 19.4. The first kappa shape index (κ1) is 19.3. The van der Waals surface area contributed by atoms with E-state index in [0.29, 0.717) is 10.6 Å². The van der Waals surface area contributed by atoms with E-state index >= 15 is 0 Å². The minimum Gasteiger partial charge on any atom is -0.462 e. The number of hydrogen-bond acceptors (Lipinski definition) is 7. The van der Waals surface area contributed by atoms with Gasteiger partial charge in [0, 0.05) is 11.1 Å². The number of anilines is 1. The Morgan fingerprint density at radius 1 is 1.22 bits per heavy atom. The fourth-order valence-electron chi connectivity index (χ4n) is 2.79. The first-order valence-electron chi connectivity index (χ1n) is 8.39. The molecular formula is C18H17ClN2O5S. The largest absolute Gasteiger partial charge is 0.462 e. The summed E-state index contributed by atoms with van der Waals surface area (Å²) in [5.41, 5.74) is 1.54. The molecule has 1 amide bonds. The Labute approximate surface area is 164 Å². The van der Waals surface area contributed by atoms with Gasteiger partial charge in [-0.2, -0.15) is 0 Å². The Hall–Kier alpha value is -2.45. The predicted octanol–water partition coefficient (Wildman–Crippen LogP) is 3.26. The number of carbonyl (C=O) groups excluding carboxylic acids is 3. The van der Waals surface area contributed by atoms with Gasteiger partial charge in [0.05, 0.1) is 17.7 Å². The molecule has 0 radical (unpaired) electrons. The van der Waals surface area contributed by atoms with Crippen molar-refractivity contribution < 1.29 is 23.9 Å². The van der Waals surface area contributed by atoms with Gasteiger partial charge in [-0.1, -0.05) is 11.6 Å². The molecule has 1 N–H and O–H groups in total. The molecule has 3 rings (SSSR count). The molecule has 0 saturated carbocycles. The van der Waals surface area contributed by atoms with Gasteiger partial charge in [0.2, 0.25) is 0 Å². The van der Waals surface area contributed by atoms with Crippen molar-refractivity contribution in [3.63, 3.8) is 0 Å². The van der Waals surface area contributed by atoms with Gasteiger partial charge in [-0.25, -0.2) is 14.6 Å². The number of carbonyl (C=O) groups is 3. The number of hydrogen-bond donors (Lipinski definition) is 1. The molecule has 0 atom stereocenters. The van der Waals surface area contributed by atoms with E-state index in [4.69, 9.17) is 21.1 Å². The van der Waals surface area contributed by atoms with Gasteiger partial charge in [0.15, 0.2) is 6.61 Å². The molecule has 1 aliphatic rings. The number of rotatable bonds is 6. The van der Waals surface area contributed by atoms with Gasteiger partial charge in [-0.15, -0.1) is 11.3 Å². The second-order valence-corrected chi connectivity index (χ2v) is 7.27. The van der Waals surface area contributed by atoms with Crippen LogP contribution in [0.4, 0.5) is 5.00 Å². The fraction of sp³-hybridized carbons (Fsp3) is 0.333. The molecule has 0 saturated heterocycles. The molecule has 0 unspecified atom stereocenters. The lowest BCUT2D eigenvalue weighted by molar-refractivity contribution is -0.119. The molecule has 142 valence electrons. The highest BCUT2D eigenvalue weighted by Gasteiger charge is 2.28. The van der Waals surface area contributed by atoms with E-state index in [1.54, 1.807) is 6.92 Å². The topological polar surface area (TPSA) is 94.6 Å². The molecule has 0 spiro atoms. The maximum absolute atomic E-state index is 12.3. The lowest BCUT2D eigenvalue weighted by atomic mass is 10.1. The minimum absolute atomic E-state index is 0.189. The van der Waals surface area contributed by atoms with Crippen LogP contribution in [-0.2, 0) is 27.1 Å². The molecular weight excluding hydrogens is 392 g/mol. The number of esters is 2. The highest BCUT2D eigenvalue weighted by Crippen LogP contribution is 2.39. The van der Waals surface area contributed by atoms with Crippen molar-refractivity contribution in [3.05, 3.63) is 45.1 Å². The number of aryl methyl sites for hydroxylation is 1. The van der Waals surface area contributed by atoms with Crippen molar-refractivity contribution >= 4 is 45.8 Å². The summed E-state index contributed by atoms with van der Waals surface area (Å²) in [4.78, 5) is 41.3. The predicted molar refractivity (Wildman–Crippen MR) is 100 cm³/mol. The van der Waals surface area contributed by atoms with E-state index in [-0.39, 0.29) is 17.3 Å². The summed E-state index contributed by atoms with van der Waals surface area (Å²) in [6.45, 7) is 1.50. The number of pyridine rings is 1. The van der Waals surface area contributed by atoms with Crippen molar-refractivity contribution in [3.8, 4) is 0 Å². The third-order valence-electron chi connectivity index (χ3n) is 3.95. The summed E-state index contributed by atoms with van der Waals surface area (Å²) in [5, 5.41) is 3.35. The number of nitrogens with zero attached hydrogens (tertiary/aromatic N) is 1. The summed E-state index contributed by atoms with van der Waals surface area (Å²) in [5.74, 6) is -1.67. The van der Waals surface area contributed by atoms with E-state index < -0.39 is 24.5 Å². The van der Waals surface area contributed by atoms with Crippen LogP contribution in [0.2, 0.25) is 5.15 Å². The number of thiophene rings is 1. The van der Waals surface area contributed by atoms with E-state index in [9.17, 15) is 14.4 Å². The van der Waals surface area contributed by atoms with Gasteiger partial charge in [-0.3, -0.25) is 4.79 Å². The summed E-state index contributed by atoms with van der Waals surface area (Å²) in [7, 11) is 0. The maximum Gasteiger partial charge on any atom is 0.341 e. The van der Waals surface area contributed by atoms with Gasteiger partial charge < -0.3 is 14.8 Å². The summed E-state index contributed by atoms with van der Waals surface area (Å²) in [6, 6.07) is 2.91. The van der Waals surface area contributed by atoms with Crippen LogP contribution < -0.4 is 5.32 Å². The van der Waals surface area contributed by atoms with Crippen LogP contribution in [0.1, 0.15) is 44.5 Å².